The lowest BCUT2D eigenvalue weighted by Gasteiger charge is -2.21. The standard InChI is InChI=1S/C26H14N2O2/c29-28-20-11-5-3-9-17(20)23-22-16-8-2-1-7-15(16)13-14-19(22)27-25-18-10-4-6-12-21(18)30-26(28)24(23)25/h1-14H. The molecule has 0 radical (unpaired) electrons. The fraction of sp³-hybridized carbons (Fsp3) is 0. The van der Waals surface area contributed by atoms with Gasteiger partial charge in [0.05, 0.1) is 16.6 Å². The Morgan fingerprint density at radius 3 is 2.40 bits per heavy atom. The molecule has 6 aromatic rings. The first-order valence-electron chi connectivity index (χ1n) is 9.88. The average molecular weight is 386 g/mol. The second-order valence-electron chi connectivity index (χ2n) is 7.61. The zero-order valence-electron chi connectivity index (χ0n) is 15.8. The predicted octanol–water partition coefficient (Wildman–Crippen LogP) is 6.10. The maximum atomic E-state index is 13.3. The Kier molecular flexibility index (Phi) is 2.86. The summed E-state index contributed by atoms with van der Waals surface area (Å²) in [5, 5.41) is 19.3. The normalized spacial score (nSPS) is 12.4. The highest BCUT2D eigenvalue weighted by molar-refractivity contribution is 6.29. The summed E-state index contributed by atoms with van der Waals surface area (Å²) in [5.74, 6) is 0.943. The van der Waals surface area contributed by atoms with E-state index in [1.807, 2.05) is 60.7 Å². The van der Waals surface area contributed by atoms with Crippen molar-refractivity contribution in [3.05, 3.63) is 90.1 Å². The smallest absolute Gasteiger partial charge is 0.395 e. The summed E-state index contributed by atoms with van der Waals surface area (Å²) in [5.41, 5.74) is 3.19. The highest BCUT2D eigenvalue weighted by atomic mass is 16.6. The molecule has 0 bridgehead atoms. The first-order chi connectivity index (χ1) is 14.8. The molecule has 4 nitrogen and oxygen atoms in total. The van der Waals surface area contributed by atoms with Crippen LogP contribution in [0.3, 0.4) is 0 Å². The van der Waals surface area contributed by atoms with Gasteiger partial charge in [-0.05, 0) is 35.0 Å². The van der Waals surface area contributed by atoms with Gasteiger partial charge in [0.1, 0.15) is 11.1 Å². The number of hydrogen-bond acceptors (Lipinski definition) is 3. The molecule has 1 aliphatic rings. The van der Waals surface area contributed by atoms with Gasteiger partial charge in [0.15, 0.2) is 0 Å². The second kappa shape index (κ2) is 5.45. The Hall–Kier alpha value is -4.18. The van der Waals surface area contributed by atoms with E-state index in [9.17, 15) is 5.21 Å². The van der Waals surface area contributed by atoms with Crippen molar-refractivity contribution in [1.82, 2.24) is 4.98 Å². The number of pyridine rings is 2. The molecule has 0 spiro atoms. The van der Waals surface area contributed by atoms with E-state index in [0.29, 0.717) is 17.1 Å². The maximum absolute atomic E-state index is 13.3. The van der Waals surface area contributed by atoms with E-state index in [0.717, 1.165) is 53.8 Å². The predicted molar refractivity (Wildman–Crippen MR) is 119 cm³/mol. The third-order valence-electron chi connectivity index (χ3n) is 6.02. The summed E-state index contributed by atoms with van der Waals surface area (Å²) in [6.45, 7) is 0. The van der Waals surface area contributed by atoms with Gasteiger partial charge in [-0.15, -0.1) is 4.73 Å². The number of fused-ring (bicyclic) bond motifs is 8. The van der Waals surface area contributed by atoms with Crippen LogP contribution in [0.1, 0.15) is 0 Å². The van der Waals surface area contributed by atoms with Gasteiger partial charge in [0.2, 0.25) is 5.52 Å². The highest BCUT2D eigenvalue weighted by Crippen LogP contribution is 2.48. The molecular formula is C26H14N2O2. The van der Waals surface area contributed by atoms with E-state index in [1.54, 1.807) is 0 Å². The number of para-hydroxylation sites is 2. The molecule has 7 rings (SSSR count). The van der Waals surface area contributed by atoms with Crippen LogP contribution in [0.5, 0.6) is 11.6 Å². The zero-order chi connectivity index (χ0) is 19.8. The van der Waals surface area contributed by atoms with Gasteiger partial charge >= 0.3 is 5.88 Å². The molecule has 140 valence electrons. The monoisotopic (exact) mass is 386 g/mol. The first-order valence-corrected chi connectivity index (χ1v) is 9.88. The van der Waals surface area contributed by atoms with Gasteiger partial charge < -0.3 is 9.94 Å². The van der Waals surface area contributed by atoms with Crippen LogP contribution >= 0.6 is 0 Å². The largest absolute Gasteiger partial charge is 0.616 e. The molecule has 4 heteroatoms. The molecule has 30 heavy (non-hydrogen) atoms. The SMILES string of the molecule is [O-][n+]1c2c3c(nc4ccc5ccccc5c4c3c3ccccc31)-c1ccccc1O2. The van der Waals surface area contributed by atoms with E-state index >= 15 is 0 Å². The van der Waals surface area contributed by atoms with E-state index < -0.39 is 0 Å². The van der Waals surface area contributed by atoms with Crippen molar-refractivity contribution in [3.63, 3.8) is 0 Å². The fourth-order valence-corrected chi connectivity index (χ4v) is 4.73. The molecule has 0 atom stereocenters. The van der Waals surface area contributed by atoms with Crippen LogP contribution in [0.4, 0.5) is 0 Å². The minimum Gasteiger partial charge on any atom is -0.616 e. The van der Waals surface area contributed by atoms with Gasteiger partial charge in [-0.25, -0.2) is 4.98 Å². The molecule has 0 saturated heterocycles. The molecule has 0 fully saturated rings. The van der Waals surface area contributed by atoms with Crippen LogP contribution in [0, 0.1) is 5.21 Å². The first kappa shape index (κ1) is 15.7. The van der Waals surface area contributed by atoms with Gasteiger partial charge in [-0.3, -0.25) is 0 Å². The molecule has 0 amide bonds. The molecular weight excluding hydrogens is 372 g/mol. The third kappa shape index (κ3) is 1.85. The van der Waals surface area contributed by atoms with Crippen LogP contribution in [0.25, 0.3) is 54.6 Å². The minimum atomic E-state index is 0.291. The number of ether oxygens (including phenoxy) is 1. The molecule has 2 aromatic heterocycles. The number of rotatable bonds is 0. The van der Waals surface area contributed by atoms with Crippen molar-refractivity contribution in [3.8, 4) is 22.9 Å². The van der Waals surface area contributed by atoms with Gasteiger partial charge in [-0.1, -0.05) is 54.6 Å². The lowest BCUT2D eigenvalue weighted by molar-refractivity contribution is -0.582. The molecule has 0 saturated carbocycles. The van der Waals surface area contributed by atoms with Crippen molar-refractivity contribution in [2.24, 2.45) is 0 Å². The van der Waals surface area contributed by atoms with Gasteiger partial charge in [0.25, 0.3) is 0 Å². The lowest BCUT2D eigenvalue weighted by Crippen LogP contribution is -2.30. The maximum Gasteiger partial charge on any atom is 0.395 e. The Labute approximate surface area is 171 Å². The quantitative estimate of drug-likeness (QED) is 0.180. The van der Waals surface area contributed by atoms with Crippen molar-refractivity contribution in [1.29, 1.82) is 0 Å². The highest BCUT2D eigenvalue weighted by Gasteiger charge is 2.31. The number of hydrogen-bond donors (Lipinski definition) is 0. The topological polar surface area (TPSA) is 49.1 Å². The molecule has 1 aliphatic heterocycles. The van der Waals surface area contributed by atoms with Crippen molar-refractivity contribution in [2.45, 2.75) is 0 Å². The van der Waals surface area contributed by atoms with Crippen molar-refractivity contribution in [2.75, 3.05) is 0 Å². The van der Waals surface area contributed by atoms with Crippen molar-refractivity contribution >= 4 is 43.4 Å². The van der Waals surface area contributed by atoms with E-state index in [1.165, 1.54) is 0 Å². The van der Waals surface area contributed by atoms with Crippen LogP contribution in [-0.4, -0.2) is 4.98 Å². The van der Waals surface area contributed by atoms with Crippen LogP contribution in [0.2, 0.25) is 0 Å². The average Bonchev–Trinajstić information content (AvgIpc) is 2.81. The van der Waals surface area contributed by atoms with E-state index in [4.69, 9.17) is 9.72 Å². The fourth-order valence-electron chi connectivity index (χ4n) is 4.73. The summed E-state index contributed by atoms with van der Waals surface area (Å²) in [7, 11) is 0. The minimum absolute atomic E-state index is 0.291. The number of nitrogens with zero attached hydrogens (tertiary/aromatic N) is 2. The summed E-state index contributed by atoms with van der Waals surface area (Å²) in [6.07, 6.45) is 0. The van der Waals surface area contributed by atoms with E-state index in [2.05, 4.69) is 24.3 Å². The summed E-state index contributed by atoms with van der Waals surface area (Å²) >= 11 is 0. The van der Waals surface area contributed by atoms with Gasteiger partial charge in [-0.2, -0.15) is 0 Å². The lowest BCUT2D eigenvalue weighted by atomic mass is 9.93. The van der Waals surface area contributed by atoms with Crippen molar-refractivity contribution < 1.29 is 9.47 Å². The Balaban J connectivity index is 1.87. The van der Waals surface area contributed by atoms with Gasteiger partial charge in [0, 0.05) is 22.4 Å². The van der Waals surface area contributed by atoms with E-state index in [-0.39, 0.29) is 0 Å². The number of aromatic nitrogens is 2. The Morgan fingerprint density at radius 1 is 0.700 bits per heavy atom. The Morgan fingerprint density at radius 2 is 1.47 bits per heavy atom. The number of benzene rings is 4. The molecule has 4 aromatic carbocycles. The zero-order valence-corrected chi connectivity index (χ0v) is 15.8. The van der Waals surface area contributed by atoms with Crippen LogP contribution in [-0.2, 0) is 0 Å². The molecule has 0 N–H and O–H groups in total. The van der Waals surface area contributed by atoms with Crippen LogP contribution in [0.15, 0.2) is 84.9 Å². The molecule has 0 unspecified atom stereocenters. The van der Waals surface area contributed by atoms with Crippen LogP contribution < -0.4 is 9.47 Å². The Bertz CT molecular complexity index is 1690. The molecule has 0 aliphatic carbocycles. The second-order valence-corrected chi connectivity index (χ2v) is 7.61. The molecule has 3 heterocycles. The summed E-state index contributed by atoms with van der Waals surface area (Å²) in [6, 6.07) is 27.9. The third-order valence-corrected chi connectivity index (χ3v) is 6.02. The summed E-state index contributed by atoms with van der Waals surface area (Å²) in [4.78, 5) is 5.04. The summed E-state index contributed by atoms with van der Waals surface area (Å²) < 4.78 is 7.06.